The van der Waals surface area contributed by atoms with Crippen LogP contribution in [0.5, 0.6) is 0 Å². The third-order valence-corrected chi connectivity index (χ3v) is 6.08. The summed E-state index contributed by atoms with van der Waals surface area (Å²) >= 11 is 13.5. The summed E-state index contributed by atoms with van der Waals surface area (Å²) in [5, 5.41) is 4.36. The molecule has 2 aromatic rings. The van der Waals surface area contributed by atoms with E-state index in [2.05, 4.69) is 5.32 Å². The first-order valence-electron chi connectivity index (χ1n) is 8.14. The van der Waals surface area contributed by atoms with Crippen LogP contribution in [0.4, 0.5) is 5.00 Å². The van der Waals surface area contributed by atoms with Gasteiger partial charge in [-0.05, 0) is 48.9 Å². The molecule has 3 rings (SSSR count). The fourth-order valence-electron chi connectivity index (χ4n) is 3.10. The minimum absolute atomic E-state index is 0.108. The Morgan fingerprint density at radius 2 is 1.92 bits per heavy atom. The minimum atomic E-state index is -0.487. The highest BCUT2D eigenvalue weighted by atomic mass is 35.5. The number of hydrogen-bond acceptors (Lipinski definition) is 3. The van der Waals surface area contributed by atoms with Gasteiger partial charge in [0.25, 0.3) is 5.91 Å². The van der Waals surface area contributed by atoms with Crippen LogP contribution >= 0.6 is 34.5 Å². The van der Waals surface area contributed by atoms with E-state index in [0.717, 1.165) is 42.5 Å². The van der Waals surface area contributed by atoms with Crippen molar-refractivity contribution in [2.75, 3.05) is 5.32 Å². The maximum Gasteiger partial charge on any atom is 0.251 e. The molecule has 0 saturated heterocycles. The molecule has 1 heterocycles. The normalized spacial score (nSPS) is 13.8. The van der Waals surface area contributed by atoms with Gasteiger partial charge in [0.2, 0.25) is 5.91 Å². The van der Waals surface area contributed by atoms with Crippen LogP contribution in [0, 0.1) is 0 Å². The van der Waals surface area contributed by atoms with Gasteiger partial charge < -0.3 is 11.1 Å². The van der Waals surface area contributed by atoms with Crippen LogP contribution in [-0.2, 0) is 24.1 Å². The SMILES string of the molecule is NC(=O)c1c(NC(=O)Cc2ccc(Cl)cc2Cl)sc2c1CCCCC2. The van der Waals surface area contributed by atoms with Crippen molar-refractivity contribution in [3.8, 4) is 0 Å². The second kappa shape index (κ2) is 7.77. The Balaban J connectivity index is 1.82. The van der Waals surface area contributed by atoms with Crippen molar-refractivity contribution in [1.82, 2.24) is 0 Å². The van der Waals surface area contributed by atoms with Gasteiger partial charge in [-0.1, -0.05) is 35.7 Å². The molecule has 1 aliphatic rings. The third kappa shape index (κ3) is 4.17. The number of rotatable bonds is 4. The number of anilines is 1. The lowest BCUT2D eigenvalue weighted by atomic mass is 10.1. The summed E-state index contributed by atoms with van der Waals surface area (Å²) < 4.78 is 0. The van der Waals surface area contributed by atoms with Gasteiger partial charge in [-0.15, -0.1) is 11.3 Å². The van der Waals surface area contributed by atoms with E-state index in [-0.39, 0.29) is 12.3 Å². The molecule has 0 bridgehead atoms. The first-order valence-corrected chi connectivity index (χ1v) is 9.71. The van der Waals surface area contributed by atoms with Crippen molar-refractivity contribution in [2.24, 2.45) is 5.73 Å². The topological polar surface area (TPSA) is 72.2 Å². The summed E-state index contributed by atoms with van der Waals surface area (Å²) in [5.74, 6) is -0.720. The molecular formula is C18H18Cl2N2O2S. The van der Waals surface area contributed by atoms with Crippen molar-refractivity contribution < 1.29 is 9.59 Å². The predicted octanol–water partition coefficient (Wildman–Crippen LogP) is 4.60. The number of hydrogen-bond donors (Lipinski definition) is 2. The largest absolute Gasteiger partial charge is 0.365 e. The highest BCUT2D eigenvalue weighted by Crippen LogP contribution is 2.37. The molecule has 0 unspecified atom stereocenters. The highest BCUT2D eigenvalue weighted by Gasteiger charge is 2.24. The average molecular weight is 397 g/mol. The van der Waals surface area contributed by atoms with Crippen LogP contribution in [0.3, 0.4) is 0 Å². The summed E-state index contributed by atoms with van der Waals surface area (Å²) in [4.78, 5) is 25.5. The van der Waals surface area contributed by atoms with Gasteiger partial charge in [0, 0.05) is 14.9 Å². The Morgan fingerprint density at radius 3 is 2.64 bits per heavy atom. The number of nitrogens with one attached hydrogen (secondary N) is 1. The van der Waals surface area contributed by atoms with Crippen molar-refractivity contribution in [3.63, 3.8) is 0 Å². The molecule has 1 aromatic carbocycles. The number of carbonyl (C=O) groups is 2. The first kappa shape index (κ1) is 18.2. The number of carbonyl (C=O) groups excluding carboxylic acids is 2. The van der Waals surface area contributed by atoms with E-state index in [1.54, 1.807) is 18.2 Å². The zero-order chi connectivity index (χ0) is 18.0. The number of halogens is 2. The monoisotopic (exact) mass is 396 g/mol. The highest BCUT2D eigenvalue weighted by molar-refractivity contribution is 7.17. The van der Waals surface area contributed by atoms with Crippen LogP contribution in [0.2, 0.25) is 10.0 Å². The standard InChI is InChI=1S/C18H18Cl2N2O2S/c19-11-7-6-10(13(20)9-11)8-15(23)22-18-16(17(21)24)12-4-2-1-3-5-14(12)25-18/h6-7,9H,1-5,8H2,(H2,21,24)(H,22,23). The van der Waals surface area contributed by atoms with E-state index >= 15 is 0 Å². The van der Waals surface area contributed by atoms with E-state index in [4.69, 9.17) is 28.9 Å². The van der Waals surface area contributed by atoms with Crippen molar-refractivity contribution in [1.29, 1.82) is 0 Å². The minimum Gasteiger partial charge on any atom is -0.365 e. The summed E-state index contributed by atoms with van der Waals surface area (Å²) in [6.45, 7) is 0. The van der Waals surface area contributed by atoms with E-state index in [0.29, 0.717) is 26.2 Å². The zero-order valence-electron chi connectivity index (χ0n) is 13.5. The Kier molecular flexibility index (Phi) is 5.67. The van der Waals surface area contributed by atoms with E-state index < -0.39 is 5.91 Å². The molecule has 0 spiro atoms. The van der Waals surface area contributed by atoms with Crippen LogP contribution in [-0.4, -0.2) is 11.8 Å². The second-order valence-corrected chi connectivity index (χ2v) is 8.04. The molecule has 3 N–H and O–H groups in total. The number of thiophene rings is 1. The first-order chi connectivity index (χ1) is 12.0. The third-order valence-electron chi connectivity index (χ3n) is 4.29. The summed E-state index contributed by atoms with van der Waals surface area (Å²) in [7, 11) is 0. The summed E-state index contributed by atoms with van der Waals surface area (Å²) in [6, 6.07) is 5.02. The maximum atomic E-state index is 12.4. The van der Waals surface area contributed by atoms with Crippen LogP contribution in [0.15, 0.2) is 18.2 Å². The number of amides is 2. The number of benzene rings is 1. The molecule has 4 nitrogen and oxygen atoms in total. The molecular weight excluding hydrogens is 379 g/mol. The summed E-state index contributed by atoms with van der Waals surface area (Å²) in [6.07, 6.45) is 5.16. The molecule has 1 aliphatic carbocycles. The summed E-state index contributed by atoms with van der Waals surface area (Å²) in [5.41, 5.74) is 7.75. The average Bonchev–Trinajstić information content (AvgIpc) is 2.71. The van der Waals surface area contributed by atoms with Crippen LogP contribution in [0.25, 0.3) is 0 Å². The molecule has 0 fully saturated rings. The van der Waals surface area contributed by atoms with E-state index in [1.807, 2.05) is 0 Å². The number of aryl methyl sites for hydroxylation is 1. The van der Waals surface area contributed by atoms with Gasteiger partial charge in [0.1, 0.15) is 5.00 Å². The van der Waals surface area contributed by atoms with Crippen molar-refractivity contribution >= 4 is 51.4 Å². The number of fused-ring (bicyclic) bond motifs is 1. The molecule has 25 heavy (non-hydrogen) atoms. The van der Waals surface area contributed by atoms with E-state index in [9.17, 15) is 9.59 Å². The molecule has 2 amide bonds. The lowest BCUT2D eigenvalue weighted by Crippen LogP contribution is -2.19. The van der Waals surface area contributed by atoms with Gasteiger partial charge in [-0.2, -0.15) is 0 Å². The van der Waals surface area contributed by atoms with Crippen molar-refractivity contribution in [2.45, 2.75) is 38.5 Å². The second-order valence-electron chi connectivity index (χ2n) is 6.09. The molecule has 0 radical (unpaired) electrons. The number of primary amides is 1. The number of nitrogens with two attached hydrogens (primary N) is 1. The van der Waals surface area contributed by atoms with Gasteiger partial charge in [0.05, 0.1) is 12.0 Å². The molecule has 0 aliphatic heterocycles. The van der Waals surface area contributed by atoms with Crippen LogP contribution in [0.1, 0.15) is 45.6 Å². The lowest BCUT2D eigenvalue weighted by Gasteiger charge is -2.08. The zero-order valence-corrected chi connectivity index (χ0v) is 15.9. The molecule has 132 valence electrons. The van der Waals surface area contributed by atoms with Gasteiger partial charge in [-0.25, -0.2) is 0 Å². The molecule has 1 aromatic heterocycles. The Labute approximate surface area is 160 Å². The fraction of sp³-hybridized carbons (Fsp3) is 0.333. The molecule has 0 atom stereocenters. The van der Waals surface area contributed by atoms with Crippen LogP contribution < -0.4 is 11.1 Å². The quantitative estimate of drug-likeness (QED) is 0.740. The fourth-order valence-corrected chi connectivity index (χ4v) is 4.89. The Bertz CT molecular complexity index is 833. The Morgan fingerprint density at radius 1 is 1.16 bits per heavy atom. The Hall–Kier alpha value is -1.56. The smallest absolute Gasteiger partial charge is 0.251 e. The lowest BCUT2D eigenvalue weighted by molar-refractivity contribution is -0.115. The maximum absolute atomic E-state index is 12.4. The molecule has 7 heteroatoms. The van der Waals surface area contributed by atoms with Gasteiger partial charge in [-0.3, -0.25) is 9.59 Å². The van der Waals surface area contributed by atoms with Gasteiger partial charge >= 0.3 is 0 Å². The predicted molar refractivity (Wildman–Crippen MR) is 103 cm³/mol. The molecule has 0 saturated carbocycles. The van der Waals surface area contributed by atoms with Gasteiger partial charge in [0.15, 0.2) is 0 Å². The van der Waals surface area contributed by atoms with E-state index in [1.165, 1.54) is 11.3 Å². The van der Waals surface area contributed by atoms with Crippen molar-refractivity contribution in [3.05, 3.63) is 49.8 Å².